The number of amides is 1. The van der Waals surface area contributed by atoms with Crippen molar-refractivity contribution in [3.05, 3.63) is 47.0 Å². The molecule has 12 heteroatoms. The van der Waals surface area contributed by atoms with Crippen LogP contribution < -0.4 is 19.5 Å². The van der Waals surface area contributed by atoms with Gasteiger partial charge in [0.1, 0.15) is 23.4 Å². The first-order valence-corrected chi connectivity index (χ1v) is 11.1. The topological polar surface area (TPSA) is 132 Å². The Hall–Kier alpha value is -3.31. The van der Waals surface area contributed by atoms with Gasteiger partial charge >= 0.3 is 5.97 Å². The van der Waals surface area contributed by atoms with E-state index < -0.39 is 34.5 Å². The van der Waals surface area contributed by atoms with Gasteiger partial charge in [-0.15, -0.1) is 0 Å². The Balaban J connectivity index is 1.63. The molecule has 0 bridgehead atoms. The summed E-state index contributed by atoms with van der Waals surface area (Å²) >= 11 is 6.07. The number of nitrogens with one attached hydrogen (secondary N) is 2. The third kappa shape index (κ3) is 4.94. The first kappa shape index (κ1) is 23.4. The lowest BCUT2D eigenvalue weighted by Crippen LogP contribution is -2.28. The summed E-state index contributed by atoms with van der Waals surface area (Å²) in [5, 5.41) is 2.79. The van der Waals surface area contributed by atoms with Crippen LogP contribution in [-0.4, -0.2) is 53.0 Å². The number of ether oxygens (including phenoxy) is 3. The monoisotopic (exact) mass is 481 g/mol. The second-order valence-corrected chi connectivity index (χ2v) is 8.66. The summed E-state index contributed by atoms with van der Waals surface area (Å²) in [6.45, 7) is 0.831. The quantitative estimate of drug-likeness (QED) is 0.577. The molecule has 0 saturated heterocycles. The van der Waals surface area contributed by atoms with E-state index in [9.17, 15) is 18.0 Å². The highest BCUT2D eigenvalue weighted by molar-refractivity contribution is 7.90. The lowest BCUT2D eigenvalue weighted by atomic mass is 10.2. The normalized spacial score (nSPS) is 15.9. The maximum absolute atomic E-state index is 12.3. The average molecular weight is 482 g/mol. The van der Waals surface area contributed by atoms with E-state index in [1.165, 1.54) is 39.3 Å². The third-order valence-corrected chi connectivity index (χ3v) is 6.11. The summed E-state index contributed by atoms with van der Waals surface area (Å²) in [7, 11) is -0.876. The number of esters is 1. The molecule has 1 heterocycles. The molecule has 10 nitrogen and oxygen atoms in total. The Morgan fingerprint density at radius 1 is 1.16 bits per heavy atom. The van der Waals surface area contributed by atoms with E-state index in [2.05, 4.69) is 15.0 Å². The number of hydrogen-bond donors (Lipinski definition) is 2. The number of methoxy groups -OCH3 is 2. The molecule has 1 aliphatic heterocycles. The van der Waals surface area contributed by atoms with Gasteiger partial charge in [0, 0.05) is 11.6 Å². The lowest BCUT2D eigenvalue weighted by molar-refractivity contribution is -0.148. The van der Waals surface area contributed by atoms with Crippen molar-refractivity contribution in [2.45, 2.75) is 17.9 Å². The zero-order valence-electron chi connectivity index (χ0n) is 17.3. The summed E-state index contributed by atoms with van der Waals surface area (Å²) in [6, 6.07) is 8.14. The minimum absolute atomic E-state index is 0.0344. The molecule has 0 radical (unpaired) electrons. The molecule has 0 unspecified atom stereocenters. The smallest absolute Gasteiger partial charge is 0.331 e. The minimum atomic E-state index is -3.73. The van der Waals surface area contributed by atoms with Gasteiger partial charge in [-0.3, -0.25) is 14.5 Å². The molecule has 0 saturated carbocycles. The summed E-state index contributed by atoms with van der Waals surface area (Å²) in [5.74, 6) is -0.740. The van der Waals surface area contributed by atoms with Gasteiger partial charge in [0.05, 0.1) is 29.8 Å². The second kappa shape index (κ2) is 9.45. The summed E-state index contributed by atoms with van der Waals surface area (Å²) in [6.07, 6.45) is 0. The van der Waals surface area contributed by atoms with E-state index in [-0.39, 0.29) is 21.4 Å². The largest absolute Gasteiger partial charge is 0.495 e. The molecule has 2 aromatic rings. The molecular formula is C20H20ClN3O7S. The number of carbonyl (C=O) groups excluding carboxylic acids is 2. The summed E-state index contributed by atoms with van der Waals surface area (Å²) in [4.78, 5) is 28.7. The first-order valence-electron chi connectivity index (χ1n) is 9.24. The van der Waals surface area contributed by atoms with Crippen molar-refractivity contribution in [1.29, 1.82) is 0 Å². The van der Waals surface area contributed by atoms with E-state index >= 15 is 0 Å². The predicted octanol–water partition coefficient (Wildman–Crippen LogP) is 1.97. The molecule has 1 atom stereocenters. The number of amidine groups is 1. The molecule has 0 fully saturated rings. The SMILES string of the molecule is COc1cc(OC)c(NC(=O)COC(=O)[C@H](C)N=C2NS(=O)(=O)c3ccccc32)cc1Cl. The number of hydrogen-bond acceptors (Lipinski definition) is 8. The van der Waals surface area contributed by atoms with Crippen molar-refractivity contribution >= 4 is 45.0 Å². The molecule has 2 aromatic carbocycles. The number of aliphatic imine (C=N–C) groups is 1. The highest BCUT2D eigenvalue weighted by Gasteiger charge is 2.31. The van der Waals surface area contributed by atoms with Crippen LogP contribution in [0, 0.1) is 0 Å². The molecule has 3 rings (SSSR count). The van der Waals surface area contributed by atoms with Crippen molar-refractivity contribution in [1.82, 2.24) is 4.72 Å². The number of fused-ring (bicyclic) bond motifs is 1. The Morgan fingerprint density at radius 3 is 2.53 bits per heavy atom. The fourth-order valence-electron chi connectivity index (χ4n) is 2.88. The molecule has 170 valence electrons. The minimum Gasteiger partial charge on any atom is -0.495 e. The molecule has 0 spiro atoms. The van der Waals surface area contributed by atoms with Crippen LogP contribution in [0.25, 0.3) is 0 Å². The van der Waals surface area contributed by atoms with Crippen molar-refractivity contribution < 1.29 is 32.2 Å². The van der Waals surface area contributed by atoms with Gasteiger partial charge in [-0.05, 0) is 25.1 Å². The fourth-order valence-corrected chi connectivity index (χ4v) is 4.36. The number of anilines is 1. The Kier molecular flexibility index (Phi) is 6.90. The average Bonchev–Trinajstić information content (AvgIpc) is 3.02. The van der Waals surface area contributed by atoms with Crippen LogP contribution in [0.5, 0.6) is 11.5 Å². The van der Waals surface area contributed by atoms with Crippen LogP contribution >= 0.6 is 11.6 Å². The van der Waals surface area contributed by atoms with E-state index in [4.69, 9.17) is 25.8 Å². The maximum atomic E-state index is 12.3. The lowest BCUT2D eigenvalue weighted by Gasteiger charge is -2.13. The third-order valence-electron chi connectivity index (χ3n) is 4.42. The molecule has 32 heavy (non-hydrogen) atoms. The number of halogens is 1. The summed E-state index contributed by atoms with van der Waals surface area (Å²) in [5.41, 5.74) is 0.623. The van der Waals surface area contributed by atoms with Gasteiger partial charge in [0.25, 0.3) is 15.9 Å². The van der Waals surface area contributed by atoms with Gasteiger partial charge in [0.2, 0.25) is 0 Å². The zero-order valence-corrected chi connectivity index (χ0v) is 18.9. The maximum Gasteiger partial charge on any atom is 0.331 e. The Bertz CT molecular complexity index is 1200. The van der Waals surface area contributed by atoms with Crippen molar-refractivity contribution in [3.63, 3.8) is 0 Å². The predicted molar refractivity (Wildman–Crippen MR) is 117 cm³/mol. The number of sulfonamides is 1. The van der Waals surface area contributed by atoms with Crippen LogP contribution in [-0.2, 0) is 24.3 Å². The summed E-state index contributed by atoms with van der Waals surface area (Å²) < 4.78 is 41.9. The van der Waals surface area contributed by atoms with E-state index in [1.807, 2.05) is 0 Å². The highest BCUT2D eigenvalue weighted by atomic mass is 35.5. The van der Waals surface area contributed by atoms with Gasteiger partial charge in [-0.25, -0.2) is 13.2 Å². The second-order valence-electron chi connectivity index (χ2n) is 6.60. The van der Waals surface area contributed by atoms with E-state index in [1.54, 1.807) is 18.2 Å². The Labute approximate surface area is 189 Å². The van der Waals surface area contributed by atoms with E-state index in [0.29, 0.717) is 17.1 Å². The van der Waals surface area contributed by atoms with Gasteiger partial charge in [-0.2, -0.15) is 0 Å². The van der Waals surface area contributed by atoms with Crippen LogP contribution in [0.2, 0.25) is 5.02 Å². The van der Waals surface area contributed by atoms with Crippen LogP contribution in [0.15, 0.2) is 46.3 Å². The molecule has 0 aromatic heterocycles. The number of nitrogens with zero attached hydrogens (tertiary/aromatic N) is 1. The van der Waals surface area contributed by atoms with Gasteiger partial charge < -0.3 is 19.5 Å². The van der Waals surface area contributed by atoms with Crippen molar-refractivity contribution in [2.24, 2.45) is 4.99 Å². The standard InChI is InChI=1S/C20H20ClN3O7S/c1-11(22-19-12-6-4-5-7-17(12)32(27,28)24-19)20(26)31-10-18(25)23-14-8-13(21)15(29-2)9-16(14)30-3/h4-9,11H,10H2,1-3H3,(H,22,24)(H,23,25)/t11-/m0/s1. The van der Waals surface area contributed by atoms with Crippen molar-refractivity contribution in [2.75, 3.05) is 26.1 Å². The fraction of sp³-hybridized carbons (Fsp3) is 0.250. The molecule has 1 aliphatic rings. The zero-order chi connectivity index (χ0) is 23.5. The van der Waals surface area contributed by atoms with Crippen LogP contribution in [0.3, 0.4) is 0 Å². The molecule has 2 N–H and O–H groups in total. The highest BCUT2D eigenvalue weighted by Crippen LogP contribution is 2.35. The number of benzene rings is 2. The number of carbonyl (C=O) groups is 2. The van der Waals surface area contributed by atoms with Crippen LogP contribution in [0.1, 0.15) is 12.5 Å². The number of rotatable bonds is 7. The molecule has 1 amide bonds. The first-order chi connectivity index (χ1) is 15.2. The van der Waals surface area contributed by atoms with Crippen LogP contribution in [0.4, 0.5) is 5.69 Å². The van der Waals surface area contributed by atoms with Gasteiger partial charge in [-0.1, -0.05) is 23.7 Å². The van der Waals surface area contributed by atoms with Gasteiger partial charge in [0.15, 0.2) is 6.61 Å². The van der Waals surface area contributed by atoms with Crippen molar-refractivity contribution in [3.8, 4) is 11.5 Å². The molecule has 0 aliphatic carbocycles. The molecular weight excluding hydrogens is 462 g/mol. The Morgan fingerprint density at radius 2 is 1.84 bits per heavy atom. The van der Waals surface area contributed by atoms with E-state index in [0.717, 1.165) is 0 Å².